The number of hydrogen-bond donors (Lipinski definition) is 0. The van der Waals surface area contributed by atoms with Gasteiger partial charge in [-0.05, 0) is 47.7 Å². The summed E-state index contributed by atoms with van der Waals surface area (Å²) in [4.78, 5) is 0. The normalized spacial score (nSPS) is 11.9. The van der Waals surface area contributed by atoms with Crippen molar-refractivity contribution in [2.75, 3.05) is 0 Å². The molecule has 0 aliphatic rings. The molecule has 3 aromatic rings. The Morgan fingerprint density at radius 1 is 1.00 bits per heavy atom. The highest BCUT2D eigenvalue weighted by molar-refractivity contribution is 7.17. The van der Waals surface area contributed by atoms with E-state index in [1.165, 1.54) is 10.3 Å². The van der Waals surface area contributed by atoms with Gasteiger partial charge in [0.15, 0.2) is 0 Å². The Kier molecular flexibility index (Phi) is 4.35. The zero-order valence-electron chi connectivity index (χ0n) is 13.5. The van der Waals surface area contributed by atoms with Crippen molar-refractivity contribution in [1.82, 2.24) is 0 Å². The summed E-state index contributed by atoms with van der Waals surface area (Å²) in [6, 6.07) is 10.3. The Hall–Kier alpha value is -1.22. The lowest BCUT2D eigenvalue weighted by Crippen LogP contribution is -2.10. The first-order valence-electron chi connectivity index (χ1n) is 7.41. The van der Waals surface area contributed by atoms with Gasteiger partial charge in [0.25, 0.3) is 0 Å². The largest absolute Gasteiger partial charge is 0.454 e. The first-order valence-corrected chi connectivity index (χ1v) is 9.04. The summed E-state index contributed by atoms with van der Waals surface area (Å²) in [5, 5.41) is 4.08. The molecule has 0 bridgehead atoms. The molecule has 120 valence electrons. The van der Waals surface area contributed by atoms with Gasteiger partial charge in [-0.25, -0.2) is 0 Å². The second-order valence-electron chi connectivity index (χ2n) is 6.72. The van der Waals surface area contributed by atoms with Gasteiger partial charge in [-0.15, -0.1) is 11.3 Å². The predicted octanol–water partition coefficient (Wildman–Crippen LogP) is 7.61. The monoisotopic (exact) mass is 364 g/mol. The van der Waals surface area contributed by atoms with Crippen molar-refractivity contribution in [2.45, 2.75) is 33.1 Å². The molecule has 4 heteroatoms. The molecule has 0 aliphatic carbocycles. The van der Waals surface area contributed by atoms with E-state index in [1.54, 1.807) is 11.3 Å². The molecular formula is C19H18Cl2OS. The highest BCUT2D eigenvalue weighted by atomic mass is 35.5. The van der Waals surface area contributed by atoms with Crippen LogP contribution in [0.15, 0.2) is 35.7 Å². The van der Waals surface area contributed by atoms with Crippen LogP contribution in [0.4, 0.5) is 0 Å². The molecule has 0 fully saturated rings. The molecule has 1 aromatic heterocycles. The molecule has 0 radical (unpaired) electrons. The van der Waals surface area contributed by atoms with Crippen LogP contribution < -0.4 is 4.74 Å². The van der Waals surface area contributed by atoms with Crippen molar-refractivity contribution < 1.29 is 4.74 Å². The van der Waals surface area contributed by atoms with Gasteiger partial charge in [-0.1, -0.05) is 50.0 Å². The summed E-state index contributed by atoms with van der Waals surface area (Å²) in [6.45, 7) is 8.59. The Labute approximate surface area is 150 Å². The van der Waals surface area contributed by atoms with E-state index in [0.717, 1.165) is 16.7 Å². The van der Waals surface area contributed by atoms with E-state index in [4.69, 9.17) is 27.9 Å². The Morgan fingerprint density at radius 3 is 2.43 bits per heavy atom. The van der Waals surface area contributed by atoms with Crippen molar-refractivity contribution in [3.63, 3.8) is 0 Å². The summed E-state index contributed by atoms with van der Waals surface area (Å²) in [5.41, 5.74) is 2.39. The van der Waals surface area contributed by atoms with Crippen LogP contribution in [0.3, 0.4) is 0 Å². The lowest BCUT2D eigenvalue weighted by molar-refractivity contribution is 0.490. The van der Waals surface area contributed by atoms with Gasteiger partial charge in [-0.2, -0.15) is 0 Å². The number of hydrogen-bond acceptors (Lipinski definition) is 2. The fourth-order valence-corrected chi connectivity index (χ4v) is 3.69. The van der Waals surface area contributed by atoms with Crippen LogP contribution in [0.5, 0.6) is 11.5 Å². The number of thiophene rings is 1. The molecule has 0 unspecified atom stereocenters. The number of aryl methyl sites for hydroxylation is 1. The molecule has 1 nitrogen and oxygen atoms in total. The first-order chi connectivity index (χ1) is 10.8. The lowest BCUT2D eigenvalue weighted by atomic mass is 9.86. The Balaban J connectivity index is 2.07. The topological polar surface area (TPSA) is 9.23 Å². The van der Waals surface area contributed by atoms with Crippen LogP contribution >= 0.6 is 34.5 Å². The Morgan fingerprint density at radius 2 is 1.74 bits per heavy atom. The van der Waals surface area contributed by atoms with Crippen LogP contribution in [0.2, 0.25) is 10.0 Å². The minimum atomic E-state index is 0.0949. The highest BCUT2D eigenvalue weighted by Gasteiger charge is 2.17. The number of halogens is 2. The molecule has 0 N–H and O–H groups in total. The molecule has 0 aliphatic heterocycles. The van der Waals surface area contributed by atoms with Crippen LogP contribution in [0.1, 0.15) is 31.9 Å². The molecule has 0 saturated carbocycles. The van der Waals surface area contributed by atoms with E-state index in [9.17, 15) is 0 Å². The SMILES string of the molecule is Cc1cc(Cl)c(Cl)c(Oc2csc3ccc(C(C)(C)C)cc23)c1. The molecule has 0 atom stereocenters. The fraction of sp³-hybridized carbons (Fsp3) is 0.263. The smallest absolute Gasteiger partial charge is 0.147 e. The van der Waals surface area contributed by atoms with Crippen LogP contribution in [0, 0.1) is 6.92 Å². The predicted molar refractivity (Wildman–Crippen MR) is 102 cm³/mol. The minimum Gasteiger partial charge on any atom is -0.454 e. The van der Waals surface area contributed by atoms with Gasteiger partial charge < -0.3 is 4.74 Å². The van der Waals surface area contributed by atoms with Gasteiger partial charge >= 0.3 is 0 Å². The summed E-state index contributed by atoms with van der Waals surface area (Å²) in [5.74, 6) is 1.41. The Bertz CT molecular complexity index is 875. The summed E-state index contributed by atoms with van der Waals surface area (Å²) < 4.78 is 7.28. The van der Waals surface area contributed by atoms with Crippen molar-refractivity contribution in [3.05, 3.63) is 56.9 Å². The molecule has 2 aromatic carbocycles. The average Bonchev–Trinajstić information content (AvgIpc) is 2.86. The molecule has 0 spiro atoms. The standard InChI is InChI=1S/C19H18Cl2OS/c1-11-7-14(20)18(21)15(8-11)22-16-10-23-17-6-5-12(9-13(16)17)19(2,3)4/h5-10H,1-4H3. The van der Waals surface area contributed by atoms with Crippen LogP contribution in [-0.2, 0) is 5.41 Å². The minimum absolute atomic E-state index is 0.0949. The van der Waals surface area contributed by atoms with E-state index in [2.05, 4.69) is 39.0 Å². The molecular weight excluding hydrogens is 347 g/mol. The zero-order chi connectivity index (χ0) is 16.8. The van der Waals surface area contributed by atoms with Crippen molar-refractivity contribution in [1.29, 1.82) is 0 Å². The third kappa shape index (κ3) is 3.35. The maximum atomic E-state index is 6.28. The number of rotatable bonds is 2. The number of ether oxygens (including phenoxy) is 1. The summed E-state index contributed by atoms with van der Waals surface area (Å²) in [6.07, 6.45) is 0. The van der Waals surface area contributed by atoms with Gasteiger partial charge in [-0.3, -0.25) is 0 Å². The van der Waals surface area contributed by atoms with E-state index in [-0.39, 0.29) is 5.41 Å². The molecule has 0 amide bonds. The third-order valence-electron chi connectivity index (χ3n) is 3.76. The van der Waals surface area contributed by atoms with Gasteiger partial charge in [0.1, 0.15) is 16.5 Å². The maximum Gasteiger partial charge on any atom is 0.147 e. The second-order valence-corrected chi connectivity index (χ2v) is 8.42. The molecule has 23 heavy (non-hydrogen) atoms. The van der Waals surface area contributed by atoms with Crippen molar-refractivity contribution >= 4 is 44.6 Å². The van der Waals surface area contributed by atoms with E-state index in [1.807, 2.05) is 24.4 Å². The molecule has 0 saturated heterocycles. The van der Waals surface area contributed by atoms with Crippen LogP contribution in [-0.4, -0.2) is 0 Å². The van der Waals surface area contributed by atoms with Gasteiger partial charge in [0.05, 0.1) is 5.02 Å². The van der Waals surface area contributed by atoms with E-state index >= 15 is 0 Å². The second kappa shape index (κ2) is 6.01. The van der Waals surface area contributed by atoms with Gasteiger partial charge in [0.2, 0.25) is 0 Å². The fourth-order valence-electron chi connectivity index (χ4n) is 2.44. The lowest BCUT2D eigenvalue weighted by Gasteiger charge is -2.19. The highest BCUT2D eigenvalue weighted by Crippen LogP contribution is 2.41. The quantitative estimate of drug-likeness (QED) is 0.454. The zero-order valence-corrected chi connectivity index (χ0v) is 15.9. The van der Waals surface area contributed by atoms with E-state index < -0.39 is 0 Å². The number of fused-ring (bicyclic) bond motifs is 1. The van der Waals surface area contributed by atoms with Gasteiger partial charge in [0, 0.05) is 15.5 Å². The van der Waals surface area contributed by atoms with Crippen molar-refractivity contribution in [3.8, 4) is 11.5 Å². The molecule has 1 heterocycles. The first kappa shape index (κ1) is 16.6. The van der Waals surface area contributed by atoms with E-state index in [0.29, 0.717) is 15.8 Å². The summed E-state index contributed by atoms with van der Waals surface area (Å²) >= 11 is 14.1. The average molecular weight is 365 g/mol. The summed E-state index contributed by atoms with van der Waals surface area (Å²) in [7, 11) is 0. The van der Waals surface area contributed by atoms with Crippen LogP contribution in [0.25, 0.3) is 10.1 Å². The van der Waals surface area contributed by atoms with Crippen molar-refractivity contribution in [2.24, 2.45) is 0 Å². The maximum absolute atomic E-state index is 6.28. The number of benzene rings is 2. The molecule has 3 rings (SSSR count). The third-order valence-corrected chi connectivity index (χ3v) is 5.49.